The maximum atomic E-state index is 10.9. The van der Waals surface area contributed by atoms with Crippen LogP contribution in [-0.4, -0.2) is 17.6 Å². The van der Waals surface area contributed by atoms with Crippen molar-refractivity contribution < 1.29 is 9.90 Å². The van der Waals surface area contributed by atoms with E-state index in [-0.39, 0.29) is 11.8 Å². The maximum absolute atomic E-state index is 10.9. The summed E-state index contributed by atoms with van der Waals surface area (Å²) in [7, 11) is 0. The molecule has 3 N–H and O–H groups in total. The summed E-state index contributed by atoms with van der Waals surface area (Å²) in [6, 6.07) is 8.11. The minimum absolute atomic E-state index is 0.0539. The lowest BCUT2D eigenvalue weighted by Gasteiger charge is -2.28. The van der Waals surface area contributed by atoms with E-state index in [0.29, 0.717) is 6.54 Å². The first-order chi connectivity index (χ1) is 8.19. The fourth-order valence-corrected chi connectivity index (χ4v) is 2.00. The molecule has 0 aliphatic heterocycles. The van der Waals surface area contributed by atoms with Crippen LogP contribution in [0.4, 0.5) is 0 Å². The summed E-state index contributed by atoms with van der Waals surface area (Å²) in [5, 5.41) is 8.97. The van der Waals surface area contributed by atoms with Gasteiger partial charge in [-0.05, 0) is 16.5 Å². The van der Waals surface area contributed by atoms with Crippen molar-refractivity contribution in [3.63, 3.8) is 0 Å². The molecule has 0 amide bonds. The summed E-state index contributed by atoms with van der Waals surface area (Å²) in [6.07, 6.45) is 0.0539. The van der Waals surface area contributed by atoms with Crippen LogP contribution in [0.25, 0.3) is 0 Å². The first-order valence-corrected chi connectivity index (χ1v) is 6.22. The molecule has 1 unspecified atom stereocenters. The smallest absolute Gasteiger partial charge is 0.304 e. The molecule has 3 nitrogen and oxygen atoms in total. The second-order valence-electron chi connectivity index (χ2n) is 6.16. The van der Waals surface area contributed by atoms with Gasteiger partial charge >= 0.3 is 5.97 Å². The van der Waals surface area contributed by atoms with Crippen LogP contribution in [0.5, 0.6) is 0 Å². The molecular weight excluding hydrogens is 226 g/mol. The highest BCUT2D eigenvalue weighted by atomic mass is 16.4. The molecule has 0 saturated carbocycles. The normalized spacial score (nSPS) is 15.2. The van der Waals surface area contributed by atoms with Crippen LogP contribution in [0.1, 0.15) is 45.2 Å². The van der Waals surface area contributed by atoms with E-state index in [9.17, 15) is 4.79 Å². The number of carbonyl (C=O) groups is 1. The van der Waals surface area contributed by atoms with Gasteiger partial charge < -0.3 is 10.8 Å². The number of aliphatic carboxylic acids is 1. The number of rotatable bonds is 4. The van der Waals surface area contributed by atoms with Gasteiger partial charge in [0.15, 0.2) is 0 Å². The van der Waals surface area contributed by atoms with Gasteiger partial charge in [0.25, 0.3) is 0 Å². The van der Waals surface area contributed by atoms with Gasteiger partial charge in [-0.25, -0.2) is 0 Å². The van der Waals surface area contributed by atoms with Crippen molar-refractivity contribution in [2.24, 2.45) is 5.73 Å². The van der Waals surface area contributed by atoms with Crippen LogP contribution in [-0.2, 0) is 15.6 Å². The summed E-state index contributed by atoms with van der Waals surface area (Å²) in [6.45, 7) is 8.69. The molecule has 1 rings (SSSR count). The quantitative estimate of drug-likeness (QED) is 0.862. The molecule has 100 valence electrons. The standard InChI is InChI=1S/C15H23NO2/c1-14(2,3)11-5-7-12(8-6-11)15(4,10-16)9-13(17)18/h5-8H,9-10,16H2,1-4H3,(H,17,18). The fraction of sp³-hybridized carbons (Fsp3) is 0.533. The molecule has 1 aromatic rings. The molecule has 0 bridgehead atoms. The molecule has 0 aliphatic carbocycles. The lowest BCUT2D eigenvalue weighted by atomic mass is 9.78. The second-order valence-corrected chi connectivity index (χ2v) is 6.16. The summed E-state index contributed by atoms with van der Waals surface area (Å²) in [5.74, 6) is -0.817. The van der Waals surface area contributed by atoms with Crippen molar-refractivity contribution in [1.82, 2.24) is 0 Å². The van der Waals surface area contributed by atoms with E-state index in [4.69, 9.17) is 10.8 Å². The van der Waals surface area contributed by atoms with Gasteiger partial charge in [-0.3, -0.25) is 4.79 Å². The van der Waals surface area contributed by atoms with E-state index < -0.39 is 11.4 Å². The molecule has 0 aromatic heterocycles. The third-order valence-electron chi connectivity index (χ3n) is 3.44. The monoisotopic (exact) mass is 249 g/mol. The zero-order chi connectivity index (χ0) is 14.0. The molecule has 1 atom stereocenters. The average molecular weight is 249 g/mol. The lowest BCUT2D eigenvalue weighted by Crippen LogP contribution is -2.34. The molecule has 0 fully saturated rings. The number of nitrogens with two attached hydrogens (primary N) is 1. The number of hydrogen-bond acceptors (Lipinski definition) is 2. The molecule has 18 heavy (non-hydrogen) atoms. The third-order valence-corrected chi connectivity index (χ3v) is 3.44. The zero-order valence-corrected chi connectivity index (χ0v) is 11.7. The Bertz CT molecular complexity index is 417. The Balaban J connectivity index is 3.06. The molecule has 1 aromatic carbocycles. The van der Waals surface area contributed by atoms with Crippen molar-refractivity contribution in [3.05, 3.63) is 35.4 Å². The zero-order valence-electron chi connectivity index (χ0n) is 11.7. The largest absolute Gasteiger partial charge is 0.481 e. The van der Waals surface area contributed by atoms with Crippen LogP contribution in [0.15, 0.2) is 24.3 Å². The highest BCUT2D eigenvalue weighted by Gasteiger charge is 2.28. The Morgan fingerprint density at radius 2 is 1.56 bits per heavy atom. The van der Waals surface area contributed by atoms with Crippen LogP contribution < -0.4 is 5.73 Å². The Labute approximate surface area is 109 Å². The first-order valence-electron chi connectivity index (χ1n) is 6.22. The van der Waals surface area contributed by atoms with Crippen molar-refractivity contribution in [2.75, 3.05) is 6.54 Å². The minimum Gasteiger partial charge on any atom is -0.481 e. The van der Waals surface area contributed by atoms with Crippen LogP contribution in [0.2, 0.25) is 0 Å². The van der Waals surface area contributed by atoms with E-state index in [0.717, 1.165) is 5.56 Å². The Kier molecular flexibility index (Phi) is 4.17. The van der Waals surface area contributed by atoms with E-state index in [1.54, 1.807) is 0 Å². The van der Waals surface area contributed by atoms with E-state index >= 15 is 0 Å². The highest BCUT2D eigenvalue weighted by Crippen LogP contribution is 2.29. The molecule has 0 radical (unpaired) electrons. The van der Waals surface area contributed by atoms with Crippen LogP contribution in [0.3, 0.4) is 0 Å². The third kappa shape index (κ3) is 3.33. The van der Waals surface area contributed by atoms with Crippen molar-refractivity contribution >= 4 is 5.97 Å². The van der Waals surface area contributed by atoms with Crippen LogP contribution >= 0.6 is 0 Å². The second kappa shape index (κ2) is 5.11. The number of carboxylic acids is 1. The number of hydrogen-bond donors (Lipinski definition) is 2. The van der Waals surface area contributed by atoms with E-state index in [1.807, 2.05) is 19.1 Å². The summed E-state index contributed by atoms with van der Waals surface area (Å²) >= 11 is 0. The SMILES string of the molecule is CC(C)(C)c1ccc(C(C)(CN)CC(=O)O)cc1. The van der Waals surface area contributed by atoms with Gasteiger partial charge in [0.2, 0.25) is 0 Å². The highest BCUT2D eigenvalue weighted by molar-refractivity contribution is 5.69. The minimum atomic E-state index is -0.817. The average Bonchev–Trinajstić information content (AvgIpc) is 2.27. The summed E-state index contributed by atoms with van der Waals surface area (Å²) in [4.78, 5) is 10.9. The summed E-state index contributed by atoms with van der Waals surface area (Å²) in [5.41, 5.74) is 7.58. The lowest BCUT2D eigenvalue weighted by molar-refractivity contribution is -0.138. The van der Waals surface area contributed by atoms with Gasteiger partial charge in [0.05, 0.1) is 6.42 Å². The molecule has 3 heteroatoms. The topological polar surface area (TPSA) is 63.3 Å². The summed E-state index contributed by atoms with van der Waals surface area (Å²) < 4.78 is 0. The predicted molar refractivity (Wildman–Crippen MR) is 73.8 cm³/mol. The van der Waals surface area contributed by atoms with Crippen LogP contribution in [0, 0.1) is 0 Å². The van der Waals surface area contributed by atoms with Crippen molar-refractivity contribution in [3.8, 4) is 0 Å². The Hall–Kier alpha value is -1.35. The van der Waals surface area contributed by atoms with Gasteiger partial charge in [-0.2, -0.15) is 0 Å². The van der Waals surface area contributed by atoms with E-state index in [1.165, 1.54) is 5.56 Å². The van der Waals surface area contributed by atoms with Gasteiger partial charge in [0.1, 0.15) is 0 Å². The molecule has 0 aliphatic rings. The van der Waals surface area contributed by atoms with Crippen molar-refractivity contribution in [1.29, 1.82) is 0 Å². The molecule has 0 saturated heterocycles. The number of carboxylic acid groups (broad SMARTS) is 1. The number of benzene rings is 1. The molecule has 0 heterocycles. The van der Waals surface area contributed by atoms with Gasteiger partial charge in [-0.1, -0.05) is 52.0 Å². The van der Waals surface area contributed by atoms with Gasteiger partial charge in [-0.15, -0.1) is 0 Å². The fourth-order valence-electron chi connectivity index (χ4n) is 2.00. The molecular formula is C15H23NO2. The van der Waals surface area contributed by atoms with E-state index in [2.05, 4.69) is 32.9 Å². The first kappa shape index (κ1) is 14.7. The maximum Gasteiger partial charge on any atom is 0.304 e. The predicted octanol–water partition coefficient (Wildman–Crippen LogP) is 2.68. The molecule has 0 spiro atoms. The van der Waals surface area contributed by atoms with Crippen molar-refractivity contribution in [2.45, 2.75) is 44.9 Å². The Morgan fingerprint density at radius 3 is 1.89 bits per heavy atom. The Morgan fingerprint density at radius 1 is 1.11 bits per heavy atom. The van der Waals surface area contributed by atoms with Gasteiger partial charge in [0, 0.05) is 12.0 Å².